The first-order valence-corrected chi connectivity index (χ1v) is 4.00. The molecule has 1 aromatic rings. The van der Waals surface area contributed by atoms with Crippen LogP contribution in [0, 0.1) is 11.7 Å². The van der Waals surface area contributed by atoms with Crippen molar-refractivity contribution in [3.8, 4) is 0 Å². The lowest BCUT2D eigenvalue weighted by molar-refractivity contribution is 0.0930. The molecule has 4 heteroatoms. The monoisotopic (exact) mass is 182 g/mol. The summed E-state index contributed by atoms with van der Waals surface area (Å²) in [6.07, 6.45) is 2.41. The van der Waals surface area contributed by atoms with Crippen LogP contribution in [0.1, 0.15) is 17.3 Å². The van der Waals surface area contributed by atoms with E-state index >= 15 is 0 Å². The molecule has 0 aliphatic heterocycles. The Kier molecular flexibility index (Phi) is 3.08. The van der Waals surface area contributed by atoms with Crippen molar-refractivity contribution >= 4 is 5.78 Å². The van der Waals surface area contributed by atoms with Gasteiger partial charge in [-0.25, -0.2) is 4.39 Å². The number of carbonyl (C=O) groups is 1. The molecule has 0 aliphatic rings. The molecule has 0 fully saturated rings. The molecule has 0 saturated heterocycles. The molecule has 1 atom stereocenters. The van der Waals surface area contributed by atoms with Gasteiger partial charge in [0.25, 0.3) is 0 Å². The van der Waals surface area contributed by atoms with Gasteiger partial charge in [-0.05, 0) is 6.07 Å². The van der Waals surface area contributed by atoms with Crippen LogP contribution in [0.5, 0.6) is 0 Å². The summed E-state index contributed by atoms with van der Waals surface area (Å²) in [7, 11) is 0. The van der Waals surface area contributed by atoms with E-state index in [9.17, 15) is 9.18 Å². The van der Waals surface area contributed by atoms with Crippen molar-refractivity contribution in [1.29, 1.82) is 0 Å². The fourth-order valence-corrected chi connectivity index (χ4v) is 0.948. The molecule has 1 aromatic heterocycles. The third-order valence-electron chi connectivity index (χ3n) is 1.84. The summed E-state index contributed by atoms with van der Waals surface area (Å²) in [5, 5.41) is 0. The number of carbonyl (C=O) groups excluding carboxylic acids is 1. The van der Waals surface area contributed by atoms with Gasteiger partial charge >= 0.3 is 0 Å². The number of Topliss-reactive ketones (excluding diaryl/α,β-unsaturated/α-hetero) is 1. The lowest BCUT2D eigenvalue weighted by Gasteiger charge is -2.06. The average molecular weight is 182 g/mol. The van der Waals surface area contributed by atoms with Crippen molar-refractivity contribution in [2.45, 2.75) is 6.92 Å². The van der Waals surface area contributed by atoms with E-state index in [0.717, 1.165) is 6.20 Å². The SMILES string of the molecule is CC(CN)C(=O)c1ccncc1F. The fraction of sp³-hybridized carbons (Fsp3) is 0.333. The second-order valence-electron chi connectivity index (χ2n) is 2.86. The van der Waals surface area contributed by atoms with Crippen molar-refractivity contribution in [2.24, 2.45) is 11.7 Å². The number of hydrogen-bond acceptors (Lipinski definition) is 3. The minimum atomic E-state index is -0.590. The van der Waals surface area contributed by atoms with Crippen molar-refractivity contribution in [3.05, 3.63) is 29.8 Å². The van der Waals surface area contributed by atoms with Crippen LogP contribution >= 0.6 is 0 Å². The number of rotatable bonds is 3. The maximum Gasteiger partial charge on any atom is 0.169 e. The Labute approximate surface area is 75.8 Å². The van der Waals surface area contributed by atoms with Gasteiger partial charge in [-0.1, -0.05) is 6.92 Å². The number of ketones is 1. The molecular formula is C9H11FN2O. The second kappa shape index (κ2) is 4.09. The van der Waals surface area contributed by atoms with E-state index in [4.69, 9.17) is 5.73 Å². The smallest absolute Gasteiger partial charge is 0.169 e. The second-order valence-corrected chi connectivity index (χ2v) is 2.86. The molecule has 0 radical (unpaired) electrons. The minimum absolute atomic E-state index is 0.0629. The van der Waals surface area contributed by atoms with E-state index in [2.05, 4.69) is 4.98 Å². The summed E-state index contributed by atoms with van der Waals surface area (Å²) in [6.45, 7) is 1.89. The number of halogens is 1. The molecule has 1 heterocycles. The number of pyridine rings is 1. The predicted molar refractivity (Wildman–Crippen MR) is 46.7 cm³/mol. The Hall–Kier alpha value is -1.29. The van der Waals surface area contributed by atoms with Crippen LogP contribution in [0.25, 0.3) is 0 Å². The highest BCUT2D eigenvalue weighted by Gasteiger charge is 2.16. The highest BCUT2D eigenvalue weighted by molar-refractivity contribution is 5.97. The molecule has 13 heavy (non-hydrogen) atoms. The van der Waals surface area contributed by atoms with E-state index in [1.165, 1.54) is 12.3 Å². The van der Waals surface area contributed by atoms with E-state index in [1.807, 2.05) is 0 Å². The van der Waals surface area contributed by atoms with Gasteiger partial charge in [-0.3, -0.25) is 9.78 Å². The van der Waals surface area contributed by atoms with Crippen LogP contribution in [0.2, 0.25) is 0 Å². The van der Waals surface area contributed by atoms with Crippen LogP contribution in [-0.4, -0.2) is 17.3 Å². The molecule has 1 unspecified atom stereocenters. The Balaban J connectivity index is 2.95. The molecule has 0 aliphatic carbocycles. The summed E-state index contributed by atoms with van der Waals surface area (Å²) < 4.78 is 13.0. The van der Waals surface area contributed by atoms with E-state index < -0.39 is 5.82 Å². The maximum atomic E-state index is 13.0. The van der Waals surface area contributed by atoms with Crippen LogP contribution in [-0.2, 0) is 0 Å². The standard InChI is InChI=1S/C9H11FN2O/c1-6(4-11)9(13)7-2-3-12-5-8(7)10/h2-3,5-6H,4,11H2,1H3. The Bertz CT molecular complexity index is 314. The molecule has 0 aromatic carbocycles. The molecular weight excluding hydrogens is 171 g/mol. The quantitative estimate of drug-likeness (QED) is 0.709. The lowest BCUT2D eigenvalue weighted by atomic mass is 10.0. The molecule has 1 rings (SSSR count). The minimum Gasteiger partial charge on any atom is -0.330 e. The number of nitrogens with two attached hydrogens (primary N) is 1. The van der Waals surface area contributed by atoms with E-state index in [1.54, 1.807) is 6.92 Å². The Morgan fingerprint density at radius 1 is 1.77 bits per heavy atom. The van der Waals surface area contributed by atoms with Crippen molar-refractivity contribution in [1.82, 2.24) is 4.98 Å². The first kappa shape index (κ1) is 9.80. The molecule has 2 N–H and O–H groups in total. The van der Waals surface area contributed by atoms with Crippen molar-refractivity contribution in [3.63, 3.8) is 0 Å². The van der Waals surface area contributed by atoms with Crippen LogP contribution in [0.4, 0.5) is 4.39 Å². The number of hydrogen-bond donors (Lipinski definition) is 1. The predicted octanol–water partition coefficient (Wildman–Crippen LogP) is 0.998. The van der Waals surface area contributed by atoms with Gasteiger partial charge in [0.1, 0.15) is 0 Å². The average Bonchev–Trinajstić information content (AvgIpc) is 2.16. The Morgan fingerprint density at radius 2 is 2.46 bits per heavy atom. The molecule has 0 saturated carbocycles. The van der Waals surface area contributed by atoms with Crippen LogP contribution < -0.4 is 5.73 Å². The fourth-order valence-electron chi connectivity index (χ4n) is 0.948. The van der Waals surface area contributed by atoms with Gasteiger partial charge in [0.2, 0.25) is 0 Å². The highest BCUT2D eigenvalue weighted by atomic mass is 19.1. The maximum absolute atomic E-state index is 13.0. The van der Waals surface area contributed by atoms with Crippen LogP contribution in [0.15, 0.2) is 18.5 Å². The van der Waals surface area contributed by atoms with Crippen molar-refractivity contribution < 1.29 is 9.18 Å². The van der Waals surface area contributed by atoms with E-state index in [0.29, 0.717) is 0 Å². The number of aromatic nitrogens is 1. The summed E-state index contributed by atoms with van der Waals surface area (Å²) in [5.41, 5.74) is 5.36. The molecule has 0 spiro atoms. The molecule has 3 nitrogen and oxygen atoms in total. The first-order chi connectivity index (χ1) is 6.16. The molecule has 0 amide bonds. The largest absolute Gasteiger partial charge is 0.330 e. The topological polar surface area (TPSA) is 56.0 Å². The summed E-state index contributed by atoms with van der Waals surface area (Å²) >= 11 is 0. The molecule has 0 bridgehead atoms. The van der Waals surface area contributed by atoms with Gasteiger partial charge in [-0.2, -0.15) is 0 Å². The van der Waals surface area contributed by atoms with Gasteiger partial charge in [0, 0.05) is 18.7 Å². The first-order valence-electron chi connectivity index (χ1n) is 4.00. The Morgan fingerprint density at radius 3 is 3.00 bits per heavy atom. The van der Waals surface area contributed by atoms with Crippen molar-refractivity contribution in [2.75, 3.05) is 6.54 Å². The van der Waals surface area contributed by atoms with Gasteiger partial charge in [-0.15, -0.1) is 0 Å². The van der Waals surface area contributed by atoms with E-state index in [-0.39, 0.29) is 23.8 Å². The van der Waals surface area contributed by atoms with Gasteiger partial charge in [0.05, 0.1) is 11.8 Å². The third-order valence-corrected chi connectivity index (χ3v) is 1.84. The third kappa shape index (κ3) is 2.09. The molecule has 70 valence electrons. The normalized spacial score (nSPS) is 12.5. The zero-order valence-corrected chi connectivity index (χ0v) is 7.33. The lowest BCUT2D eigenvalue weighted by Crippen LogP contribution is -2.21. The van der Waals surface area contributed by atoms with Crippen LogP contribution in [0.3, 0.4) is 0 Å². The highest BCUT2D eigenvalue weighted by Crippen LogP contribution is 2.10. The number of nitrogens with zero attached hydrogens (tertiary/aromatic N) is 1. The summed E-state index contributed by atoms with van der Waals surface area (Å²) in [6, 6.07) is 1.36. The summed E-state index contributed by atoms with van der Waals surface area (Å²) in [4.78, 5) is 15.0. The zero-order chi connectivity index (χ0) is 9.84. The zero-order valence-electron chi connectivity index (χ0n) is 7.33. The summed E-state index contributed by atoms with van der Waals surface area (Å²) in [5.74, 6) is -1.22. The van der Waals surface area contributed by atoms with Gasteiger partial charge in [0.15, 0.2) is 11.6 Å². The van der Waals surface area contributed by atoms with Gasteiger partial charge < -0.3 is 5.73 Å².